The number of unbranched alkanes of at least 4 members (excludes halogenated alkanes) is 1. The fourth-order valence-corrected chi connectivity index (χ4v) is 2.47. The van der Waals surface area contributed by atoms with Crippen LogP contribution in [0.25, 0.3) is 11.3 Å². The molecule has 0 unspecified atom stereocenters. The maximum absolute atomic E-state index is 13.3. The van der Waals surface area contributed by atoms with Crippen molar-refractivity contribution in [1.82, 2.24) is 4.98 Å². The maximum atomic E-state index is 13.3. The van der Waals surface area contributed by atoms with E-state index in [0.717, 1.165) is 30.2 Å². The molecule has 5 heteroatoms. The molecule has 1 aromatic carbocycles. The summed E-state index contributed by atoms with van der Waals surface area (Å²) in [6.45, 7) is 3.05. The second kappa shape index (κ2) is 6.52. The molecule has 0 radical (unpaired) electrons. The molecule has 0 spiro atoms. The van der Waals surface area contributed by atoms with Crippen LogP contribution in [-0.2, 0) is 0 Å². The predicted molar refractivity (Wildman–Crippen MR) is 77.5 cm³/mol. The van der Waals surface area contributed by atoms with Crippen LogP contribution in [0.1, 0.15) is 19.8 Å². The fraction of sp³-hybridized carbons (Fsp3) is 0.357. The average molecular weight is 280 g/mol. The first-order valence-corrected chi connectivity index (χ1v) is 7.16. The number of hydrogen-bond donors (Lipinski definition) is 1. The first kappa shape index (κ1) is 13.8. The number of ether oxygens (including phenoxy) is 1. The van der Waals surface area contributed by atoms with E-state index in [1.807, 2.05) is 5.38 Å². The van der Waals surface area contributed by atoms with Crippen molar-refractivity contribution in [2.45, 2.75) is 19.8 Å². The van der Waals surface area contributed by atoms with E-state index in [-0.39, 0.29) is 5.82 Å². The number of nitrogens with one attached hydrogen (secondary N) is 1. The van der Waals surface area contributed by atoms with Crippen LogP contribution in [-0.4, -0.2) is 18.6 Å². The summed E-state index contributed by atoms with van der Waals surface area (Å²) < 4.78 is 18.6. The second-order valence-corrected chi connectivity index (χ2v) is 5.02. The predicted octanol–water partition coefficient (Wildman–Crippen LogP) is 4.17. The molecular formula is C14H17FN2OS. The Hall–Kier alpha value is -1.62. The molecule has 0 fully saturated rings. The maximum Gasteiger partial charge on any atom is 0.183 e. The van der Waals surface area contributed by atoms with Crippen molar-refractivity contribution >= 4 is 16.5 Å². The summed E-state index contributed by atoms with van der Waals surface area (Å²) in [6, 6.07) is 4.45. The Morgan fingerprint density at radius 1 is 1.42 bits per heavy atom. The topological polar surface area (TPSA) is 34.2 Å². The number of hydrogen-bond acceptors (Lipinski definition) is 4. The molecule has 0 amide bonds. The normalized spacial score (nSPS) is 10.5. The highest BCUT2D eigenvalue weighted by Gasteiger charge is 2.11. The van der Waals surface area contributed by atoms with Crippen LogP contribution in [0.2, 0.25) is 0 Å². The number of anilines is 1. The third-order valence-corrected chi connectivity index (χ3v) is 3.55. The summed E-state index contributed by atoms with van der Waals surface area (Å²) in [7, 11) is 1.57. The molecule has 0 aliphatic rings. The van der Waals surface area contributed by atoms with Crippen LogP contribution in [0.15, 0.2) is 23.6 Å². The third-order valence-electron chi connectivity index (χ3n) is 2.75. The Labute approximate surface area is 116 Å². The van der Waals surface area contributed by atoms with Gasteiger partial charge in [0, 0.05) is 17.5 Å². The number of thiazole rings is 1. The number of rotatable bonds is 6. The summed E-state index contributed by atoms with van der Waals surface area (Å²) in [5.74, 6) is 0.344. The lowest BCUT2D eigenvalue weighted by Gasteiger charge is -2.06. The van der Waals surface area contributed by atoms with Crippen molar-refractivity contribution in [3.05, 3.63) is 29.4 Å². The zero-order valence-electron chi connectivity index (χ0n) is 11.1. The lowest BCUT2D eigenvalue weighted by molar-refractivity contribution is 0.415. The van der Waals surface area contributed by atoms with Crippen LogP contribution in [0, 0.1) is 5.82 Å². The van der Waals surface area contributed by atoms with Gasteiger partial charge in [-0.3, -0.25) is 0 Å². The van der Waals surface area contributed by atoms with Gasteiger partial charge in [0.2, 0.25) is 0 Å². The zero-order chi connectivity index (χ0) is 13.7. The molecule has 102 valence electrons. The van der Waals surface area contributed by atoms with Gasteiger partial charge in [-0.2, -0.15) is 0 Å². The molecule has 2 rings (SSSR count). The summed E-state index contributed by atoms with van der Waals surface area (Å²) in [4.78, 5) is 4.46. The van der Waals surface area contributed by atoms with Crippen LogP contribution >= 0.6 is 11.3 Å². The number of benzene rings is 1. The summed E-state index contributed by atoms with van der Waals surface area (Å²) >= 11 is 1.52. The van der Waals surface area contributed by atoms with E-state index in [2.05, 4.69) is 17.2 Å². The molecule has 2 aromatic rings. The molecule has 1 N–H and O–H groups in total. The summed E-state index contributed by atoms with van der Waals surface area (Å²) in [5, 5.41) is 6.03. The van der Waals surface area contributed by atoms with Gasteiger partial charge in [0.05, 0.1) is 12.8 Å². The zero-order valence-corrected chi connectivity index (χ0v) is 11.9. The minimum Gasteiger partial charge on any atom is -0.496 e. The van der Waals surface area contributed by atoms with Crippen LogP contribution < -0.4 is 10.1 Å². The highest BCUT2D eigenvalue weighted by Crippen LogP contribution is 2.32. The monoisotopic (exact) mass is 280 g/mol. The van der Waals surface area contributed by atoms with Gasteiger partial charge >= 0.3 is 0 Å². The smallest absolute Gasteiger partial charge is 0.183 e. The molecule has 0 saturated heterocycles. The van der Waals surface area contributed by atoms with Gasteiger partial charge in [-0.25, -0.2) is 9.37 Å². The number of halogens is 1. The Morgan fingerprint density at radius 3 is 3.00 bits per heavy atom. The molecule has 0 aliphatic heterocycles. The first-order valence-electron chi connectivity index (χ1n) is 6.28. The van der Waals surface area contributed by atoms with E-state index in [4.69, 9.17) is 4.74 Å². The van der Waals surface area contributed by atoms with E-state index in [9.17, 15) is 4.39 Å². The minimum absolute atomic E-state index is 0.288. The Bertz CT molecular complexity index is 542. The van der Waals surface area contributed by atoms with Crippen molar-refractivity contribution in [1.29, 1.82) is 0 Å². The van der Waals surface area contributed by atoms with Crippen molar-refractivity contribution in [3.63, 3.8) is 0 Å². The van der Waals surface area contributed by atoms with Crippen molar-refractivity contribution < 1.29 is 9.13 Å². The molecule has 19 heavy (non-hydrogen) atoms. The van der Waals surface area contributed by atoms with E-state index >= 15 is 0 Å². The quantitative estimate of drug-likeness (QED) is 0.806. The highest BCUT2D eigenvalue weighted by atomic mass is 32.1. The van der Waals surface area contributed by atoms with E-state index in [1.165, 1.54) is 23.5 Å². The number of methoxy groups -OCH3 is 1. The van der Waals surface area contributed by atoms with Crippen molar-refractivity contribution in [3.8, 4) is 17.0 Å². The molecular weight excluding hydrogens is 263 g/mol. The molecule has 0 saturated carbocycles. The van der Waals surface area contributed by atoms with E-state index in [0.29, 0.717) is 11.3 Å². The summed E-state index contributed by atoms with van der Waals surface area (Å²) in [5.41, 5.74) is 1.42. The minimum atomic E-state index is -0.288. The van der Waals surface area contributed by atoms with Gasteiger partial charge in [-0.05, 0) is 24.6 Å². The Balaban J connectivity index is 2.20. The van der Waals surface area contributed by atoms with Crippen molar-refractivity contribution in [2.75, 3.05) is 19.0 Å². The van der Waals surface area contributed by atoms with Crippen molar-refractivity contribution in [2.24, 2.45) is 0 Å². The van der Waals surface area contributed by atoms with Crippen LogP contribution in [0.4, 0.5) is 9.52 Å². The lowest BCUT2D eigenvalue weighted by atomic mass is 10.1. The third kappa shape index (κ3) is 3.44. The number of nitrogens with zero attached hydrogens (tertiary/aromatic N) is 1. The first-order chi connectivity index (χ1) is 9.24. The SMILES string of the molecule is CCCCNc1nc(-c2cc(F)ccc2OC)cs1. The molecule has 0 atom stereocenters. The Kier molecular flexibility index (Phi) is 4.74. The fourth-order valence-electron chi connectivity index (χ4n) is 1.73. The molecule has 0 aliphatic carbocycles. The number of aromatic nitrogens is 1. The van der Waals surface area contributed by atoms with Crippen LogP contribution in [0.3, 0.4) is 0 Å². The van der Waals surface area contributed by atoms with E-state index < -0.39 is 0 Å². The van der Waals surface area contributed by atoms with Gasteiger partial charge < -0.3 is 10.1 Å². The molecule has 0 bridgehead atoms. The summed E-state index contributed by atoms with van der Waals surface area (Å²) in [6.07, 6.45) is 2.25. The van der Waals surface area contributed by atoms with Gasteiger partial charge in [-0.1, -0.05) is 13.3 Å². The molecule has 1 aromatic heterocycles. The standard InChI is InChI=1S/C14H17FN2OS/c1-3-4-7-16-14-17-12(9-19-14)11-8-10(15)5-6-13(11)18-2/h5-6,8-9H,3-4,7H2,1-2H3,(H,16,17). The van der Waals surface area contributed by atoms with Crippen LogP contribution in [0.5, 0.6) is 5.75 Å². The van der Waals surface area contributed by atoms with Gasteiger partial charge in [0.25, 0.3) is 0 Å². The van der Waals surface area contributed by atoms with Gasteiger partial charge in [0.15, 0.2) is 5.13 Å². The largest absolute Gasteiger partial charge is 0.496 e. The molecule has 3 nitrogen and oxygen atoms in total. The lowest BCUT2D eigenvalue weighted by Crippen LogP contribution is -2.00. The highest BCUT2D eigenvalue weighted by molar-refractivity contribution is 7.14. The average Bonchev–Trinajstić information content (AvgIpc) is 2.88. The Morgan fingerprint density at radius 2 is 2.26 bits per heavy atom. The van der Waals surface area contributed by atoms with Gasteiger partial charge in [-0.15, -0.1) is 11.3 Å². The van der Waals surface area contributed by atoms with Gasteiger partial charge in [0.1, 0.15) is 11.6 Å². The second-order valence-electron chi connectivity index (χ2n) is 4.16. The molecule has 1 heterocycles. The van der Waals surface area contributed by atoms with E-state index in [1.54, 1.807) is 13.2 Å².